The number of hydrogen-bond donors (Lipinski definition) is 2. The third kappa shape index (κ3) is 3.06. The van der Waals surface area contributed by atoms with Crippen molar-refractivity contribution in [2.24, 2.45) is 0 Å². The third-order valence-electron chi connectivity index (χ3n) is 2.69. The van der Waals surface area contributed by atoms with Gasteiger partial charge >= 0.3 is 0 Å². The molecule has 0 bridgehead atoms. The first-order chi connectivity index (χ1) is 7.45. The molecule has 0 aliphatic carbocycles. The number of hydrogen-bond acceptors (Lipinski definition) is 3. The van der Waals surface area contributed by atoms with Gasteiger partial charge < -0.3 is 5.32 Å². The molecule has 0 saturated carbocycles. The molecule has 90 valence electrons. The summed E-state index contributed by atoms with van der Waals surface area (Å²) >= 11 is 1.80. The van der Waals surface area contributed by atoms with E-state index in [9.17, 15) is 4.79 Å². The number of rotatable bonds is 4. The molecule has 3 nitrogen and oxygen atoms in total. The fraction of sp³-hybridized carbons (Fsp3) is 0.583. The first-order valence-corrected chi connectivity index (χ1v) is 6.32. The minimum atomic E-state index is -0.167. The molecule has 0 spiro atoms. The van der Waals surface area contributed by atoms with E-state index < -0.39 is 0 Å². The molecule has 0 radical (unpaired) electrons. The number of likely N-dealkylation sites (N-methyl/N-ethyl adjacent to an activating group) is 1. The summed E-state index contributed by atoms with van der Waals surface area (Å²) < 4.78 is 0. The lowest BCUT2D eigenvalue weighted by Crippen LogP contribution is -2.41. The maximum Gasteiger partial charge on any atom is 0.236 e. The van der Waals surface area contributed by atoms with Crippen molar-refractivity contribution in [3.8, 4) is 0 Å². The van der Waals surface area contributed by atoms with Crippen LogP contribution >= 0.6 is 11.3 Å². The second-order valence-corrected chi connectivity index (χ2v) is 5.55. The smallest absolute Gasteiger partial charge is 0.236 e. The van der Waals surface area contributed by atoms with Gasteiger partial charge in [-0.1, -0.05) is 0 Å². The van der Waals surface area contributed by atoms with Crippen LogP contribution in [0.4, 0.5) is 0 Å². The highest BCUT2D eigenvalue weighted by molar-refractivity contribution is 7.12. The normalized spacial score (nSPS) is 14.6. The highest BCUT2D eigenvalue weighted by Crippen LogP contribution is 2.26. The van der Waals surface area contributed by atoms with Gasteiger partial charge in [-0.05, 0) is 39.3 Å². The van der Waals surface area contributed by atoms with Crippen molar-refractivity contribution in [2.75, 3.05) is 7.05 Å². The number of carbonyl (C=O) groups is 1. The summed E-state index contributed by atoms with van der Waals surface area (Å²) in [5.74, 6) is 0.0245. The van der Waals surface area contributed by atoms with Crippen LogP contribution in [-0.2, 0) is 4.79 Å². The van der Waals surface area contributed by atoms with Crippen molar-refractivity contribution >= 4 is 17.2 Å². The Bertz CT molecular complexity index is 373. The van der Waals surface area contributed by atoms with Gasteiger partial charge in [0.1, 0.15) is 0 Å². The minimum Gasteiger partial charge on any atom is -0.358 e. The van der Waals surface area contributed by atoms with Gasteiger partial charge in [-0.15, -0.1) is 11.3 Å². The second kappa shape index (κ2) is 5.46. The van der Waals surface area contributed by atoms with Crippen LogP contribution in [0.15, 0.2) is 6.07 Å². The summed E-state index contributed by atoms with van der Waals surface area (Å²) in [6.45, 7) is 8.20. The lowest BCUT2D eigenvalue weighted by molar-refractivity contribution is -0.122. The van der Waals surface area contributed by atoms with Gasteiger partial charge in [0, 0.05) is 22.8 Å². The second-order valence-electron chi connectivity index (χ2n) is 4.09. The number of amides is 1. The molecule has 1 heterocycles. The molecule has 2 atom stereocenters. The quantitative estimate of drug-likeness (QED) is 0.846. The standard InChI is InChI=1S/C12H20N2OS/c1-7-6-11(10(4)16-7)8(2)14-9(3)12(15)13-5/h6,8-9,14H,1-5H3,(H,13,15)/t8?,9-/m1/s1. The molecule has 1 unspecified atom stereocenters. The van der Waals surface area contributed by atoms with Crippen LogP contribution in [0, 0.1) is 13.8 Å². The zero-order chi connectivity index (χ0) is 12.3. The van der Waals surface area contributed by atoms with E-state index in [1.807, 2.05) is 6.92 Å². The van der Waals surface area contributed by atoms with Crippen LogP contribution in [-0.4, -0.2) is 19.0 Å². The highest BCUT2D eigenvalue weighted by atomic mass is 32.1. The monoisotopic (exact) mass is 240 g/mol. The Morgan fingerprint density at radius 3 is 2.44 bits per heavy atom. The molecule has 1 rings (SSSR count). The summed E-state index contributed by atoms with van der Waals surface area (Å²) in [6.07, 6.45) is 0. The van der Waals surface area contributed by atoms with E-state index in [4.69, 9.17) is 0 Å². The predicted octanol–water partition coefficient (Wildman–Crippen LogP) is 2.15. The van der Waals surface area contributed by atoms with E-state index >= 15 is 0 Å². The number of nitrogens with one attached hydrogen (secondary N) is 2. The van der Waals surface area contributed by atoms with Crippen molar-refractivity contribution < 1.29 is 4.79 Å². The van der Waals surface area contributed by atoms with E-state index in [0.717, 1.165) is 0 Å². The summed E-state index contributed by atoms with van der Waals surface area (Å²) in [5, 5.41) is 5.94. The van der Waals surface area contributed by atoms with Gasteiger partial charge in [0.2, 0.25) is 5.91 Å². The van der Waals surface area contributed by atoms with Crippen molar-refractivity contribution in [3.05, 3.63) is 21.4 Å². The lowest BCUT2D eigenvalue weighted by Gasteiger charge is -2.18. The van der Waals surface area contributed by atoms with Crippen molar-refractivity contribution in [2.45, 2.75) is 39.8 Å². The van der Waals surface area contributed by atoms with Crippen LogP contribution in [0.5, 0.6) is 0 Å². The van der Waals surface area contributed by atoms with Crippen molar-refractivity contribution in [1.29, 1.82) is 0 Å². The van der Waals surface area contributed by atoms with Gasteiger partial charge in [-0.3, -0.25) is 10.1 Å². The van der Waals surface area contributed by atoms with Gasteiger partial charge in [-0.2, -0.15) is 0 Å². The first kappa shape index (κ1) is 13.2. The molecule has 0 fully saturated rings. The largest absolute Gasteiger partial charge is 0.358 e. The molecule has 1 amide bonds. The Morgan fingerprint density at radius 2 is 2.00 bits per heavy atom. The Kier molecular flexibility index (Phi) is 4.50. The predicted molar refractivity (Wildman–Crippen MR) is 68.9 cm³/mol. The first-order valence-electron chi connectivity index (χ1n) is 5.50. The fourth-order valence-electron chi connectivity index (χ4n) is 1.84. The maximum absolute atomic E-state index is 11.4. The molecule has 2 N–H and O–H groups in total. The van der Waals surface area contributed by atoms with E-state index in [0.29, 0.717) is 0 Å². The number of thiophene rings is 1. The summed E-state index contributed by atoms with van der Waals surface area (Å²) in [5.41, 5.74) is 1.29. The topological polar surface area (TPSA) is 41.1 Å². The van der Waals surface area contributed by atoms with Crippen LogP contribution in [0.2, 0.25) is 0 Å². The molecular weight excluding hydrogens is 220 g/mol. The maximum atomic E-state index is 11.4. The zero-order valence-corrected chi connectivity index (χ0v) is 11.4. The molecule has 16 heavy (non-hydrogen) atoms. The van der Waals surface area contributed by atoms with Crippen LogP contribution < -0.4 is 10.6 Å². The lowest BCUT2D eigenvalue weighted by atomic mass is 10.1. The number of carbonyl (C=O) groups excluding carboxylic acids is 1. The zero-order valence-electron chi connectivity index (χ0n) is 10.5. The Labute approximate surface area is 101 Å². The van der Waals surface area contributed by atoms with E-state index in [1.54, 1.807) is 18.4 Å². The Morgan fingerprint density at radius 1 is 1.38 bits per heavy atom. The van der Waals surface area contributed by atoms with Gasteiger partial charge in [-0.25, -0.2) is 0 Å². The summed E-state index contributed by atoms with van der Waals surface area (Å²) in [6, 6.07) is 2.23. The Balaban J connectivity index is 2.68. The average Bonchev–Trinajstić information content (AvgIpc) is 2.56. The van der Waals surface area contributed by atoms with Gasteiger partial charge in [0.15, 0.2) is 0 Å². The molecule has 0 saturated heterocycles. The third-order valence-corrected chi connectivity index (χ3v) is 3.67. The minimum absolute atomic E-state index is 0.0245. The van der Waals surface area contributed by atoms with Crippen molar-refractivity contribution in [1.82, 2.24) is 10.6 Å². The van der Waals surface area contributed by atoms with Gasteiger partial charge in [0.25, 0.3) is 0 Å². The number of aryl methyl sites for hydroxylation is 2. The molecule has 1 aromatic rings. The van der Waals surface area contributed by atoms with Crippen LogP contribution in [0.3, 0.4) is 0 Å². The van der Waals surface area contributed by atoms with E-state index in [-0.39, 0.29) is 18.0 Å². The highest BCUT2D eigenvalue weighted by Gasteiger charge is 2.17. The average molecular weight is 240 g/mol. The summed E-state index contributed by atoms with van der Waals surface area (Å²) in [7, 11) is 1.66. The molecular formula is C12H20N2OS. The van der Waals surface area contributed by atoms with E-state index in [1.165, 1.54) is 15.3 Å². The Hall–Kier alpha value is -0.870. The molecule has 0 aliphatic rings. The fourth-order valence-corrected chi connectivity index (χ4v) is 2.86. The SMILES string of the molecule is CNC(=O)[C@@H](C)NC(C)c1cc(C)sc1C. The molecule has 0 aliphatic heterocycles. The van der Waals surface area contributed by atoms with Crippen LogP contribution in [0.25, 0.3) is 0 Å². The van der Waals surface area contributed by atoms with E-state index in [2.05, 4.69) is 37.5 Å². The molecule has 0 aromatic carbocycles. The van der Waals surface area contributed by atoms with Crippen LogP contribution in [0.1, 0.15) is 35.2 Å². The van der Waals surface area contributed by atoms with Crippen molar-refractivity contribution in [3.63, 3.8) is 0 Å². The molecule has 4 heteroatoms. The molecule has 1 aromatic heterocycles. The summed E-state index contributed by atoms with van der Waals surface area (Å²) in [4.78, 5) is 14.0. The van der Waals surface area contributed by atoms with Gasteiger partial charge in [0.05, 0.1) is 6.04 Å².